The molecule has 0 aliphatic rings. The summed E-state index contributed by atoms with van der Waals surface area (Å²) in [5, 5.41) is 11.2. The first-order chi connectivity index (χ1) is 8.50. The lowest BCUT2D eigenvalue weighted by atomic mass is 10.2. The van der Waals surface area contributed by atoms with Crippen LogP contribution in [-0.4, -0.2) is 23.0 Å². The minimum Gasteiger partial charge on any atom is -0.479 e. The van der Waals surface area contributed by atoms with Gasteiger partial charge in [-0.2, -0.15) is 0 Å². The van der Waals surface area contributed by atoms with E-state index in [-0.39, 0.29) is 6.61 Å². The first-order valence-corrected chi connectivity index (χ1v) is 9.64. The summed E-state index contributed by atoms with van der Waals surface area (Å²) in [5.74, 6) is -2.03. The van der Waals surface area contributed by atoms with E-state index in [0.717, 1.165) is 5.56 Å². The predicted molar refractivity (Wildman–Crippen MR) is 77.5 cm³/mol. The van der Waals surface area contributed by atoms with Crippen LogP contribution < -0.4 is 5.32 Å². The van der Waals surface area contributed by atoms with Crippen molar-refractivity contribution in [3.63, 3.8) is 0 Å². The molecule has 0 heterocycles. The van der Waals surface area contributed by atoms with Gasteiger partial charge in [0.2, 0.25) is 0 Å². The van der Waals surface area contributed by atoms with Crippen LogP contribution in [0.15, 0.2) is 30.3 Å². The zero-order chi connectivity index (χ0) is 13.5. The highest BCUT2D eigenvalue weighted by molar-refractivity contribution is 8.43. The molecule has 2 N–H and O–H groups in total. The topological polar surface area (TPSA) is 75.6 Å². The summed E-state index contributed by atoms with van der Waals surface area (Å²) in [6.45, 7) is 0.116. The maximum Gasteiger partial charge on any atom is 0.408 e. The van der Waals surface area contributed by atoms with Crippen molar-refractivity contribution in [2.24, 2.45) is 0 Å². The Kier molecular flexibility index (Phi) is 6.49. The number of benzene rings is 1. The van der Waals surface area contributed by atoms with Gasteiger partial charge in [0.05, 0.1) is 0 Å². The largest absolute Gasteiger partial charge is 0.479 e. The minimum absolute atomic E-state index is 0.116. The van der Waals surface area contributed by atoms with Crippen LogP contribution in [0.25, 0.3) is 0 Å². The van der Waals surface area contributed by atoms with Crippen LogP contribution in [0.3, 0.4) is 0 Å². The molecule has 1 rings (SSSR count). The molecule has 1 aromatic rings. The van der Waals surface area contributed by atoms with Gasteiger partial charge in [-0.05, 0) is 12.9 Å². The van der Waals surface area contributed by atoms with Gasteiger partial charge in [0.15, 0.2) is 5.78 Å². The third-order valence-electron chi connectivity index (χ3n) is 2.00. The van der Waals surface area contributed by atoms with Crippen LogP contribution in [0.2, 0.25) is 0 Å². The molecule has 18 heavy (non-hydrogen) atoms. The fourth-order valence-corrected chi connectivity index (χ4v) is 2.86. The molecule has 1 aromatic carbocycles. The number of rotatable bonds is 5. The van der Waals surface area contributed by atoms with E-state index in [9.17, 15) is 9.59 Å². The van der Waals surface area contributed by atoms with Crippen molar-refractivity contribution >= 4 is 37.2 Å². The van der Waals surface area contributed by atoms with Gasteiger partial charge in [-0.1, -0.05) is 30.3 Å². The molecular formula is C10H14NO4P3. The third kappa shape index (κ3) is 5.27. The van der Waals surface area contributed by atoms with Gasteiger partial charge in [0, 0.05) is 0 Å². The number of carbonyl (C=O) groups is 2. The second kappa shape index (κ2) is 7.63. The zero-order valence-corrected chi connectivity index (χ0v) is 12.6. The highest BCUT2D eigenvalue weighted by Crippen LogP contribution is 2.56. The predicted octanol–water partition coefficient (Wildman–Crippen LogP) is 2.39. The first kappa shape index (κ1) is 15.3. The summed E-state index contributed by atoms with van der Waals surface area (Å²) in [6.07, 6.45) is -0.733. The van der Waals surface area contributed by atoms with Gasteiger partial charge in [-0.15, -0.1) is 17.9 Å². The van der Waals surface area contributed by atoms with Crippen LogP contribution >= 0.6 is 25.2 Å². The highest BCUT2D eigenvalue weighted by atomic mass is 32.4. The smallest absolute Gasteiger partial charge is 0.408 e. The zero-order valence-electron chi connectivity index (χ0n) is 9.45. The number of ether oxygens (including phenoxy) is 1. The maximum absolute atomic E-state index is 11.4. The minimum atomic E-state index is -1.08. The Bertz CT molecular complexity index is 413. The van der Waals surface area contributed by atoms with Gasteiger partial charge in [-0.3, -0.25) is 0 Å². The first-order valence-electron chi connectivity index (χ1n) is 4.99. The molecule has 2 unspecified atom stereocenters. The van der Waals surface area contributed by atoms with Gasteiger partial charge < -0.3 is 15.2 Å². The lowest BCUT2D eigenvalue weighted by Crippen LogP contribution is -2.38. The maximum atomic E-state index is 11.4. The van der Waals surface area contributed by atoms with Crippen LogP contribution in [0.1, 0.15) is 5.56 Å². The van der Waals surface area contributed by atoms with Crippen molar-refractivity contribution < 1.29 is 19.4 Å². The Morgan fingerprint density at radius 1 is 1.33 bits per heavy atom. The van der Waals surface area contributed by atoms with E-state index in [1.165, 1.54) is 0 Å². The Morgan fingerprint density at radius 3 is 2.44 bits per heavy atom. The van der Waals surface area contributed by atoms with Crippen LogP contribution in [0.4, 0.5) is 4.79 Å². The molecule has 0 saturated heterocycles. The van der Waals surface area contributed by atoms with Gasteiger partial charge in [-0.25, -0.2) is 9.59 Å². The van der Waals surface area contributed by atoms with E-state index >= 15 is 0 Å². The molecule has 0 aliphatic heterocycles. The molecule has 5 nitrogen and oxygen atoms in total. The number of amides is 1. The molecule has 8 heteroatoms. The Labute approximate surface area is 111 Å². The molecule has 1 amide bonds. The summed E-state index contributed by atoms with van der Waals surface area (Å²) in [7, 11) is 3.75. The summed E-state index contributed by atoms with van der Waals surface area (Å²) in [4.78, 5) is 22.3. The third-order valence-corrected chi connectivity index (χ3v) is 4.73. The van der Waals surface area contributed by atoms with E-state index in [1.807, 2.05) is 30.3 Å². The highest BCUT2D eigenvalue weighted by Gasteiger charge is 2.24. The molecule has 0 radical (unpaired) electrons. The molecular weight excluding hydrogens is 291 g/mol. The summed E-state index contributed by atoms with van der Waals surface area (Å²) < 4.78 is 4.94. The van der Waals surface area contributed by atoms with Gasteiger partial charge in [0.25, 0.3) is 0 Å². The second-order valence-corrected chi connectivity index (χ2v) is 10.2. The standard InChI is InChI=1S/C10H14NO4P3/c12-9(13)8(18(16)17)11-10(14)15-6-7-4-2-1-3-5-7/h1-5,8H,6,16-17H2,(H,11,14)(H,12,13)/t8-/m0/s1. The van der Waals surface area contributed by atoms with Gasteiger partial charge >= 0.3 is 12.1 Å². The number of hydrogen-bond acceptors (Lipinski definition) is 3. The van der Waals surface area contributed by atoms with E-state index in [0.29, 0.717) is 0 Å². The number of aliphatic carboxylic acids is 1. The molecule has 98 valence electrons. The monoisotopic (exact) mass is 305 g/mol. The molecule has 0 spiro atoms. The number of alkyl carbamates (subject to hydrolysis) is 1. The number of carbonyl (C=O) groups excluding carboxylic acids is 1. The molecule has 3 atom stereocenters. The molecule has 0 fully saturated rings. The lowest BCUT2D eigenvalue weighted by Gasteiger charge is -2.17. The van der Waals surface area contributed by atoms with Crippen molar-refractivity contribution in [1.29, 1.82) is 0 Å². The molecule has 0 saturated carbocycles. The molecule has 0 bridgehead atoms. The number of carboxylic acid groups (broad SMARTS) is 1. The van der Waals surface area contributed by atoms with E-state index < -0.39 is 25.1 Å². The Balaban J connectivity index is 2.44. The van der Waals surface area contributed by atoms with Crippen LogP contribution in [0, 0.1) is 0 Å². The quantitative estimate of drug-likeness (QED) is 0.819. The SMILES string of the molecule is O=C(N[C@H](C(=O)O)P(P)P)OCc1ccccc1. The van der Waals surface area contributed by atoms with E-state index in [4.69, 9.17) is 9.84 Å². The fraction of sp³-hybridized carbons (Fsp3) is 0.200. The van der Waals surface area contributed by atoms with Crippen molar-refractivity contribution in [3.8, 4) is 0 Å². The van der Waals surface area contributed by atoms with Crippen molar-refractivity contribution in [2.45, 2.75) is 12.4 Å². The summed E-state index contributed by atoms with van der Waals surface area (Å²) in [5.41, 5.74) is 0.846. The van der Waals surface area contributed by atoms with E-state index in [1.54, 1.807) is 0 Å². The van der Waals surface area contributed by atoms with Crippen LogP contribution in [0.5, 0.6) is 0 Å². The Hall–Kier alpha value is -0.750. The fourth-order valence-electron chi connectivity index (χ4n) is 1.14. The molecule has 0 aliphatic carbocycles. The number of hydrogen-bond donors (Lipinski definition) is 2. The average Bonchev–Trinajstić information content (AvgIpc) is 2.34. The Morgan fingerprint density at radius 2 is 1.94 bits per heavy atom. The van der Waals surface area contributed by atoms with Crippen molar-refractivity contribution in [1.82, 2.24) is 5.32 Å². The van der Waals surface area contributed by atoms with Crippen molar-refractivity contribution in [2.75, 3.05) is 0 Å². The molecule has 0 aromatic heterocycles. The second-order valence-electron chi connectivity index (χ2n) is 3.39. The number of nitrogens with one attached hydrogen (secondary N) is 1. The van der Waals surface area contributed by atoms with Crippen molar-refractivity contribution in [3.05, 3.63) is 35.9 Å². The average molecular weight is 305 g/mol. The van der Waals surface area contributed by atoms with Crippen LogP contribution in [-0.2, 0) is 16.1 Å². The van der Waals surface area contributed by atoms with E-state index in [2.05, 4.69) is 23.2 Å². The summed E-state index contributed by atoms with van der Waals surface area (Å²) in [6, 6.07) is 9.17. The number of carboxylic acids is 1. The summed E-state index contributed by atoms with van der Waals surface area (Å²) >= 11 is 0. The van der Waals surface area contributed by atoms with Gasteiger partial charge in [0.1, 0.15) is 6.61 Å². The lowest BCUT2D eigenvalue weighted by molar-refractivity contribution is -0.137. The normalized spacial score (nSPS) is 11.9.